The molecule has 1 N–H and O–H groups in total. The molecule has 2 aromatic rings. The van der Waals surface area contributed by atoms with Crippen LogP contribution >= 0.6 is 11.3 Å². The van der Waals surface area contributed by atoms with E-state index in [0.29, 0.717) is 0 Å². The molecule has 1 unspecified atom stereocenters. The average Bonchev–Trinajstić information content (AvgIpc) is 2.88. The van der Waals surface area contributed by atoms with Gasteiger partial charge in [0.25, 0.3) is 5.69 Å². The van der Waals surface area contributed by atoms with Crippen LogP contribution in [-0.2, 0) is 6.42 Å². The first-order chi connectivity index (χ1) is 9.10. The molecule has 1 aromatic carbocycles. The summed E-state index contributed by atoms with van der Waals surface area (Å²) in [6.45, 7) is 4.23. The zero-order valence-corrected chi connectivity index (χ0v) is 11.7. The highest BCUT2D eigenvalue weighted by Crippen LogP contribution is 2.27. The Labute approximate surface area is 116 Å². The molecule has 1 aromatic heterocycles. The van der Waals surface area contributed by atoms with Crippen molar-refractivity contribution in [2.45, 2.75) is 26.3 Å². The third-order valence-electron chi connectivity index (χ3n) is 2.92. The molecule has 4 nitrogen and oxygen atoms in total. The van der Waals surface area contributed by atoms with Gasteiger partial charge in [0, 0.05) is 27.6 Å². The van der Waals surface area contributed by atoms with Crippen LogP contribution in [0.1, 0.15) is 29.6 Å². The van der Waals surface area contributed by atoms with Crippen molar-refractivity contribution in [3.05, 3.63) is 56.3 Å². The van der Waals surface area contributed by atoms with Gasteiger partial charge >= 0.3 is 0 Å². The second kappa shape index (κ2) is 5.84. The molecule has 0 saturated carbocycles. The summed E-state index contributed by atoms with van der Waals surface area (Å²) in [6.07, 6.45) is 1.05. The van der Waals surface area contributed by atoms with E-state index in [9.17, 15) is 10.1 Å². The van der Waals surface area contributed by atoms with Crippen molar-refractivity contribution < 1.29 is 4.92 Å². The molecule has 0 aliphatic rings. The van der Waals surface area contributed by atoms with Crippen molar-refractivity contribution >= 4 is 22.7 Å². The van der Waals surface area contributed by atoms with Gasteiger partial charge in [-0.1, -0.05) is 6.92 Å². The van der Waals surface area contributed by atoms with Gasteiger partial charge in [-0.3, -0.25) is 10.1 Å². The van der Waals surface area contributed by atoms with E-state index < -0.39 is 0 Å². The molecule has 0 fully saturated rings. The van der Waals surface area contributed by atoms with Crippen LogP contribution in [0.15, 0.2) is 36.4 Å². The van der Waals surface area contributed by atoms with Crippen LogP contribution < -0.4 is 5.32 Å². The van der Waals surface area contributed by atoms with Gasteiger partial charge in [0.05, 0.1) is 11.0 Å². The van der Waals surface area contributed by atoms with Crippen LogP contribution in [0.2, 0.25) is 0 Å². The number of rotatable bonds is 5. The summed E-state index contributed by atoms with van der Waals surface area (Å²) in [4.78, 5) is 12.8. The molecule has 100 valence electrons. The number of nitrogens with one attached hydrogen (secondary N) is 1. The maximum absolute atomic E-state index is 10.6. The van der Waals surface area contributed by atoms with Gasteiger partial charge in [0.15, 0.2) is 0 Å². The number of nitrogens with zero attached hydrogens (tertiary/aromatic N) is 1. The number of nitro benzene ring substituents is 1. The lowest BCUT2D eigenvalue weighted by molar-refractivity contribution is -0.384. The van der Waals surface area contributed by atoms with Crippen molar-refractivity contribution in [1.82, 2.24) is 0 Å². The van der Waals surface area contributed by atoms with Crippen LogP contribution in [0.25, 0.3) is 0 Å². The molecule has 1 heterocycles. The lowest BCUT2D eigenvalue weighted by Gasteiger charge is -2.13. The van der Waals surface area contributed by atoms with E-state index in [4.69, 9.17) is 0 Å². The fourth-order valence-corrected chi connectivity index (χ4v) is 2.77. The molecule has 0 aliphatic heterocycles. The molecule has 0 radical (unpaired) electrons. The number of hydrogen-bond acceptors (Lipinski definition) is 4. The predicted molar refractivity (Wildman–Crippen MR) is 78.8 cm³/mol. The van der Waals surface area contributed by atoms with E-state index in [2.05, 4.69) is 31.3 Å². The Balaban J connectivity index is 2.05. The van der Waals surface area contributed by atoms with Gasteiger partial charge in [-0.2, -0.15) is 0 Å². The number of hydrogen-bond donors (Lipinski definition) is 1. The first-order valence-electron chi connectivity index (χ1n) is 6.19. The van der Waals surface area contributed by atoms with Crippen molar-refractivity contribution in [3.63, 3.8) is 0 Å². The summed E-state index contributed by atoms with van der Waals surface area (Å²) in [6, 6.07) is 11.0. The van der Waals surface area contributed by atoms with Crippen LogP contribution in [0.5, 0.6) is 0 Å². The zero-order valence-electron chi connectivity index (χ0n) is 10.9. The third kappa shape index (κ3) is 3.32. The van der Waals surface area contributed by atoms with E-state index in [1.807, 2.05) is 0 Å². The van der Waals surface area contributed by atoms with Gasteiger partial charge < -0.3 is 5.32 Å². The number of aryl methyl sites for hydroxylation is 1. The summed E-state index contributed by atoms with van der Waals surface area (Å²) in [7, 11) is 0. The molecule has 1 atom stereocenters. The van der Waals surface area contributed by atoms with Crippen molar-refractivity contribution in [3.8, 4) is 0 Å². The summed E-state index contributed by atoms with van der Waals surface area (Å²) >= 11 is 1.80. The predicted octanol–water partition coefficient (Wildman–Crippen LogP) is 4.39. The Kier molecular flexibility index (Phi) is 4.16. The molecule has 0 saturated heterocycles. The Bertz CT molecular complexity index is 563. The number of anilines is 1. The van der Waals surface area contributed by atoms with Crippen LogP contribution in [0.4, 0.5) is 11.4 Å². The molecule has 19 heavy (non-hydrogen) atoms. The summed E-state index contributed by atoms with van der Waals surface area (Å²) < 4.78 is 0. The second-order valence-electron chi connectivity index (χ2n) is 4.33. The van der Waals surface area contributed by atoms with Crippen LogP contribution in [-0.4, -0.2) is 4.92 Å². The van der Waals surface area contributed by atoms with Crippen LogP contribution in [0, 0.1) is 10.1 Å². The monoisotopic (exact) mass is 276 g/mol. The SMILES string of the molecule is CCc1ccc(C(C)Nc2ccc([N+](=O)[O-])cc2)s1. The first kappa shape index (κ1) is 13.5. The van der Waals surface area contributed by atoms with Crippen LogP contribution in [0.3, 0.4) is 0 Å². The molecule has 0 amide bonds. The van der Waals surface area contributed by atoms with Gasteiger partial charge in [-0.15, -0.1) is 11.3 Å². The maximum atomic E-state index is 10.6. The standard InChI is InChI=1S/C14H16N2O2S/c1-3-13-8-9-14(19-13)10(2)15-11-4-6-12(7-5-11)16(17)18/h4-10,15H,3H2,1-2H3. The molecule has 2 rings (SSSR count). The van der Waals surface area contributed by atoms with E-state index in [-0.39, 0.29) is 16.7 Å². The highest BCUT2D eigenvalue weighted by atomic mass is 32.1. The fraction of sp³-hybridized carbons (Fsp3) is 0.286. The summed E-state index contributed by atoms with van der Waals surface area (Å²) in [5.74, 6) is 0. The van der Waals surface area contributed by atoms with E-state index in [1.54, 1.807) is 23.5 Å². The number of nitro groups is 1. The number of thiophene rings is 1. The van der Waals surface area contributed by atoms with Gasteiger partial charge in [-0.25, -0.2) is 0 Å². The highest BCUT2D eigenvalue weighted by molar-refractivity contribution is 7.12. The fourth-order valence-electron chi connectivity index (χ4n) is 1.82. The average molecular weight is 276 g/mol. The lowest BCUT2D eigenvalue weighted by atomic mass is 10.2. The van der Waals surface area contributed by atoms with Gasteiger partial charge in [0.2, 0.25) is 0 Å². The Morgan fingerprint density at radius 3 is 2.47 bits per heavy atom. The summed E-state index contributed by atoms with van der Waals surface area (Å²) in [5.41, 5.74) is 1.01. The quantitative estimate of drug-likeness (QED) is 0.650. The van der Waals surface area contributed by atoms with Crippen molar-refractivity contribution in [1.29, 1.82) is 0 Å². The van der Waals surface area contributed by atoms with E-state index >= 15 is 0 Å². The largest absolute Gasteiger partial charge is 0.378 e. The second-order valence-corrected chi connectivity index (χ2v) is 5.53. The first-order valence-corrected chi connectivity index (χ1v) is 7.01. The Hall–Kier alpha value is -1.88. The Morgan fingerprint density at radius 2 is 1.95 bits per heavy atom. The van der Waals surface area contributed by atoms with E-state index in [0.717, 1.165) is 12.1 Å². The topological polar surface area (TPSA) is 55.2 Å². The highest BCUT2D eigenvalue weighted by Gasteiger charge is 2.09. The minimum absolute atomic E-state index is 0.114. The minimum Gasteiger partial charge on any atom is -0.378 e. The Morgan fingerprint density at radius 1 is 1.26 bits per heavy atom. The maximum Gasteiger partial charge on any atom is 0.269 e. The molecule has 0 aliphatic carbocycles. The van der Waals surface area contributed by atoms with Crippen molar-refractivity contribution in [2.75, 3.05) is 5.32 Å². The molecular formula is C14H16N2O2S. The minimum atomic E-state index is -0.389. The lowest BCUT2D eigenvalue weighted by Crippen LogP contribution is -2.04. The number of benzene rings is 1. The smallest absolute Gasteiger partial charge is 0.269 e. The molecule has 0 bridgehead atoms. The third-order valence-corrected chi connectivity index (χ3v) is 4.33. The normalized spacial score (nSPS) is 12.1. The number of non-ortho nitro benzene ring substituents is 1. The molecule has 5 heteroatoms. The summed E-state index contributed by atoms with van der Waals surface area (Å²) in [5, 5.41) is 13.9. The van der Waals surface area contributed by atoms with Gasteiger partial charge in [0.1, 0.15) is 0 Å². The zero-order chi connectivity index (χ0) is 13.8. The van der Waals surface area contributed by atoms with Gasteiger partial charge in [-0.05, 0) is 37.6 Å². The molecule has 0 spiro atoms. The van der Waals surface area contributed by atoms with Crippen molar-refractivity contribution in [2.24, 2.45) is 0 Å². The van der Waals surface area contributed by atoms with E-state index in [1.165, 1.54) is 21.9 Å². The molecular weight excluding hydrogens is 260 g/mol.